The van der Waals surface area contributed by atoms with Crippen LogP contribution in [0.25, 0.3) is 0 Å². The number of alkyl halides is 1. The van der Waals surface area contributed by atoms with Crippen molar-refractivity contribution in [3.05, 3.63) is 17.5 Å². The third-order valence-electron chi connectivity index (χ3n) is 3.68. The van der Waals surface area contributed by atoms with Gasteiger partial charge >= 0.3 is 0 Å². The van der Waals surface area contributed by atoms with E-state index < -0.39 is 0 Å². The Morgan fingerprint density at radius 3 is 2.95 bits per heavy atom. The Hall–Kier alpha value is -1.03. The van der Waals surface area contributed by atoms with E-state index in [1.807, 2.05) is 19.9 Å². The number of carbonyl (C=O) groups excluding carboxylic acids is 1. The van der Waals surface area contributed by atoms with Crippen molar-refractivity contribution in [3.63, 3.8) is 0 Å². The third-order valence-corrected chi connectivity index (χ3v) is 4.20. The van der Waals surface area contributed by atoms with Crippen molar-refractivity contribution in [1.82, 2.24) is 15.1 Å². The average Bonchev–Trinajstić information content (AvgIpc) is 2.66. The number of amides is 1. The van der Waals surface area contributed by atoms with E-state index in [0.29, 0.717) is 12.2 Å². The summed E-state index contributed by atoms with van der Waals surface area (Å²) in [6.45, 7) is 4.59. The number of halogens is 1. The molecule has 1 heterocycles. The second-order valence-corrected chi connectivity index (χ2v) is 5.78. The molecule has 0 bridgehead atoms. The molecular formula is C14H22ClN3O. The van der Waals surface area contributed by atoms with Gasteiger partial charge in [-0.15, -0.1) is 11.6 Å². The molecule has 5 heteroatoms. The molecule has 0 saturated heterocycles. The lowest BCUT2D eigenvalue weighted by molar-refractivity contribution is 0.0923. The molecule has 1 aromatic heterocycles. The predicted octanol–water partition coefficient (Wildman–Crippen LogP) is 2.88. The molecular weight excluding hydrogens is 262 g/mol. The summed E-state index contributed by atoms with van der Waals surface area (Å²) in [6.07, 6.45) is 5.46. The molecule has 1 aromatic rings. The van der Waals surface area contributed by atoms with E-state index in [9.17, 15) is 4.79 Å². The molecule has 1 aliphatic carbocycles. The van der Waals surface area contributed by atoms with Crippen molar-refractivity contribution < 1.29 is 4.79 Å². The second kappa shape index (κ2) is 6.42. The fraction of sp³-hybridized carbons (Fsp3) is 0.714. The molecule has 2 rings (SSSR count). The molecule has 1 amide bonds. The topological polar surface area (TPSA) is 46.9 Å². The van der Waals surface area contributed by atoms with E-state index in [0.717, 1.165) is 31.4 Å². The van der Waals surface area contributed by atoms with Crippen LogP contribution in [0.3, 0.4) is 0 Å². The van der Waals surface area contributed by atoms with E-state index in [4.69, 9.17) is 11.6 Å². The molecule has 1 aliphatic rings. The number of aromatic nitrogens is 2. The van der Waals surface area contributed by atoms with E-state index >= 15 is 0 Å². The number of nitrogens with zero attached hydrogens (tertiary/aromatic N) is 2. The first-order chi connectivity index (χ1) is 9.11. The molecule has 19 heavy (non-hydrogen) atoms. The highest BCUT2D eigenvalue weighted by Crippen LogP contribution is 2.22. The van der Waals surface area contributed by atoms with Crippen LogP contribution in [0, 0.1) is 6.92 Å². The molecule has 1 saturated carbocycles. The Kier molecular flexibility index (Phi) is 4.86. The molecule has 0 aliphatic heterocycles. The molecule has 106 valence electrons. The first-order valence-corrected chi connectivity index (χ1v) is 7.55. The molecule has 1 N–H and O–H groups in total. The summed E-state index contributed by atoms with van der Waals surface area (Å²) in [7, 11) is 0. The van der Waals surface area contributed by atoms with Crippen LogP contribution in [0.5, 0.6) is 0 Å². The van der Waals surface area contributed by atoms with E-state index in [1.54, 1.807) is 4.68 Å². The highest BCUT2D eigenvalue weighted by Gasteiger charge is 2.25. The molecule has 0 aromatic carbocycles. The zero-order valence-electron chi connectivity index (χ0n) is 11.7. The number of aryl methyl sites for hydroxylation is 2. The van der Waals surface area contributed by atoms with Gasteiger partial charge in [0.1, 0.15) is 5.69 Å². The van der Waals surface area contributed by atoms with E-state index in [1.165, 1.54) is 6.42 Å². The Balaban J connectivity index is 2.06. The molecule has 0 spiro atoms. The van der Waals surface area contributed by atoms with Gasteiger partial charge < -0.3 is 5.32 Å². The van der Waals surface area contributed by atoms with Gasteiger partial charge in [0.15, 0.2) is 0 Å². The van der Waals surface area contributed by atoms with Gasteiger partial charge in [-0.1, -0.05) is 19.3 Å². The van der Waals surface area contributed by atoms with Crippen molar-refractivity contribution in [2.24, 2.45) is 0 Å². The van der Waals surface area contributed by atoms with Gasteiger partial charge in [0.05, 0.1) is 11.1 Å². The SMILES string of the molecule is CCn1nc(C)cc1C(=O)NC1CCCCCC1Cl. The molecule has 1 fully saturated rings. The first kappa shape index (κ1) is 14.4. The molecule has 2 atom stereocenters. The number of hydrogen-bond acceptors (Lipinski definition) is 2. The summed E-state index contributed by atoms with van der Waals surface area (Å²) in [5.74, 6) is -0.0556. The smallest absolute Gasteiger partial charge is 0.269 e. The zero-order valence-corrected chi connectivity index (χ0v) is 12.4. The van der Waals surface area contributed by atoms with Crippen LogP contribution in [-0.2, 0) is 6.54 Å². The van der Waals surface area contributed by atoms with Gasteiger partial charge in [0.2, 0.25) is 0 Å². The first-order valence-electron chi connectivity index (χ1n) is 7.11. The minimum atomic E-state index is -0.0556. The largest absolute Gasteiger partial charge is 0.346 e. The molecule has 0 radical (unpaired) electrons. The lowest BCUT2D eigenvalue weighted by atomic mass is 10.1. The van der Waals surface area contributed by atoms with Gasteiger partial charge in [0, 0.05) is 12.6 Å². The van der Waals surface area contributed by atoms with Crippen molar-refractivity contribution >= 4 is 17.5 Å². The molecule has 2 unspecified atom stereocenters. The minimum Gasteiger partial charge on any atom is -0.346 e. The fourth-order valence-corrected chi connectivity index (χ4v) is 2.98. The normalized spacial score (nSPS) is 23.9. The van der Waals surface area contributed by atoms with Crippen LogP contribution in [0.4, 0.5) is 0 Å². The summed E-state index contributed by atoms with van der Waals surface area (Å²) < 4.78 is 1.74. The highest BCUT2D eigenvalue weighted by molar-refractivity contribution is 6.21. The van der Waals surface area contributed by atoms with Gasteiger partial charge in [-0.05, 0) is 32.8 Å². The van der Waals surface area contributed by atoms with Crippen molar-refractivity contribution in [2.75, 3.05) is 0 Å². The van der Waals surface area contributed by atoms with Gasteiger partial charge in [-0.3, -0.25) is 9.48 Å². The summed E-state index contributed by atoms with van der Waals surface area (Å²) in [5.41, 5.74) is 1.50. The minimum absolute atomic E-state index is 0.0468. The lowest BCUT2D eigenvalue weighted by Crippen LogP contribution is -2.41. The Morgan fingerprint density at radius 2 is 2.21 bits per heavy atom. The van der Waals surface area contributed by atoms with Crippen molar-refractivity contribution in [2.45, 2.75) is 63.9 Å². The number of nitrogens with one attached hydrogen (secondary N) is 1. The summed E-state index contributed by atoms with van der Waals surface area (Å²) in [4.78, 5) is 12.3. The summed E-state index contributed by atoms with van der Waals surface area (Å²) in [5, 5.41) is 7.43. The van der Waals surface area contributed by atoms with E-state index in [2.05, 4.69) is 10.4 Å². The number of hydrogen-bond donors (Lipinski definition) is 1. The van der Waals surface area contributed by atoms with Crippen LogP contribution in [0.15, 0.2) is 6.07 Å². The Morgan fingerprint density at radius 1 is 1.47 bits per heavy atom. The van der Waals surface area contributed by atoms with Crippen LogP contribution in [0.2, 0.25) is 0 Å². The highest BCUT2D eigenvalue weighted by atomic mass is 35.5. The Bertz CT molecular complexity index is 444. The second-order valence-electron chi connectivity index (χ2n) is 5.22. The standard InChI is InChI=1S/C14H22ClN3O/c1-3-18-13(9-10(2)17-18)14(19)16-12-8-6-4-5-7-11(12)15/h9,11-12H,3-8H2,1-2H3,(H,16,19). The zero-order chi connectivity index (χ0) is 13.8. The molecule has 4 nitrogen and oxygen atoms in total. The predicted molar refractivity (Wildman–Crippen MR) is 76.6 cm³/mol. The van der Waals surface area contributed by atoms with Crippen molar-refractivity contribution in [1.29, 1.82) is 0 Å². The van der Waals surface area contributed by atoms with E-state index in [-0.39, 0.29) is 17.3 Å². The van der Waals surface area contributed by atoms with Crippen LogP contribution in [0.1, 0.15) is 55.2 Å². The van der Waals surface area contributed by atoms with Gasteiger partial charge in [-0.25, -0.2) is 0 Å². The maximum absolute atomic E-state index is 12.3. The summed E-state index contributed by atoms with van der Waals surface area (Å²) in [6, 6.07) is 1.91. The maximum atomic E-state index is 12.3. The number of rotatable bonds is 3. The van der Waals surface area contributed by atoms with Gasteiger partial charge in [-0.2, -0.15) is 5.10 Å². The summed E-state index contributed by atoms with van der Waals surface area (Å²) >= 11 is 6.36. The lowest BCUT2D eigenvalue weighted by Gasteiger charge is -2.21. The van der Waals surface area contributed by atoms with Crippen LogP contribution in [-0.4, -0.2) is 27.1 Å². The van der Waals surface area contributed by atoms with Crippen LogP contribution < -0.4 is 5.32 Å². The Labute approximate surface area is 119 Å². The maximum Gasteiger partial charge on any atom is 0.269 e. The van der Waals surface area contributed by atoms with Crippen molar-refractivity contribution in [3.8, 4) is 0 Å². The van der Waals surface area contributed by atoms with Gasteiger partial charge in [0.25, 0.3) is 5.91 Å². The number of carbonyl (C=O) groups is 1. The quantitative estimate of drug-likeness (QED) is 0.685. The third kappa shape index (κ3) is 3.50. The van der Waals surface area contributed by atoms with Crippen LogP contribution >= 0.6 is 11.6 Å². The fourth-order valence-electron chi connectivity index (χ4n) is 2.64. The average molecular weight is 284 g/mol. The monoisotopic (exact) mass is 283 g/mol.